The van der Waals surface area contributed by atoms with Gasteiger partial charge in [0.05, 0.1) is 11.6 Å². The van der Waals surface area contributed by atoms with E-state index < -0.39 is 0 Å². The Morgan fingerprint density at radius 1 is 1.39 bits per heavy atom. The molecule has 0 amide bonds. The predicted molar refractivity (Wildman–Crippen MR) is 69.2 cm³/mol. The number of hydrogen-bond donors (Lipinski definition) is 3. The molecule has 1 fully saturated rings. The molecular formula is C10H14N6OS. The monoisotopic (exact) mass is 266 g/mol. The Kier molecular flexibility index (Phi) is 3.31. The number of hydrogen-bond acceptors (Lipinski definition) is 7. The van der Waals surface area contributed by atoms with Gasteiger partial charge < -0.3 is 4.74 Å². The number of nitrogen functional groups attached to an aromatic ring is 1. The summed E-state index contributed by atoms with van der Waals surface area (Å²) in [5.74, 6) is 5.78. The van der Waals surface area contributed by atoms with Crippen molar-refractivity contribution >= 4 is 28.7 Å². The third-order valence-corrected chi connectivity index (χ3v) is 4.19. The van der Waals surface area contributed by atoms with Gasteiger partial charge in [0.25, 0.3) is 0 Å². The Morgan fingerprint density at radius 3 is 3.00 bits per heavy atom. The first kappa shape index (κ1) is 11.7. The maximum atomic E-state index is 5.37. The van der Waals surface area contributed by atoms with Crippen LogP contribution in [0, 0.1) is 0 Å². The van der Waals surface area contributed by atoms with Crippen molar-refractivity contribution in [2.24, 2.45) is 5.84 Å². The van der Waals surface area contributed by atoms with Crippen LogP contribution in [0.3, 0.4) is 0 Å². The van der Waals surface area contributed by atoms with Gasteiger partial charge in [-0.25, -0.2) is 10.8 Å². The van der Waals surface area contributed by atoms with E-state index in [-0.39, 0.29) is 0 Å². The third-order valence-electron chi connectivity index (χ3n) is 2.85. The number of hydrazine groups is 1. The molecule has 0 spiro atoms. The molecule has 0 aliphatic carbocycles. The standard InChI is InChI=1S/C10H14N6OS/c11-15-10-13-8-7(5-12-16-8)9(14-10)18-6-1-3-17-4-2-6/h5-6H,1-4,11H2,(H2,12,13,14,15,16). The smallest absolute Gasteiger partial charge is 0.240 e. The van der Waals surface area contributed by atoms with Gasteiger partial charge in [-0.15, -0.1) is 11.8 Å². The molecule has 7 nitrogen and oxygen atoms in total. The van der Waals surface area contributed by atoms with E-state index in [1.165, 1.54) is 0 Å². The molecule has 2 aromatic heterocycles. The topological polar surface area (TPSA) is 102 Å². The molecule has 0 aromatic carbocycles. The Labute approximate surface area is 108 Å². The number of anilines is 1. The molecule has 0 unspecified atom stereocenters. The SMILES string of the molecule is NNc1nc(SC2CCOCC2)c2cn[nH]c2n1. The van der Waals surface area contributed by atoms with Crippen LogP contribution in [-0.4, -0.2) is 38.6 Å². The summed E-state index contributed by atoms with van der Waals surface area (Å²) in [5.41, 5.74) is 3.18. The van der Waals surface area contributed by atoms with Gasteiger partial charge in [-0.05, 0) is 12.8 Å². The summed E-state index contributed by atoms with van der Waals surface area (Å²) in [6.45, 7) is 1.64. The lowest BCUT2D eigenvalue weighted by molar-refractivity contribution is 0.1000. The maximum Gasteiger partial charge on any atom is 0.240 e. The lowest BCUT2D eigenvalue weighted by atomic mass is 10.2. The van der Waals surface area contributed by atoms with Crippen LogP contribution >= 0.6 is 11.8 Å². The van der Waals surface area contributed by atoms with E-state index in [1.54, 1.807) is 18.0 Å². The summed E-state index contributed by atoms with van der Waals surface area (Å²) in [5, 5.41) is 9.21. The molecule has 8 heteroatoms. The first-order chi connectivity index (χ1) is 8.86. The molecule has 0 bridgehead atoms. The highest BCUT2D eigenvalue weighted by molar-refractivity contribution is 8.00. The van der Waals surface area contributed by atoms with Crippen molar-refractivity contribution in [3.63, 3.8) is 0 Å². The molecule has 1 aliphatic heterocycles. The van der Waals surface area contributed by atoms with E-state index in [2.05, 4.69) is 25.6 Å². The number of nitrogens with zero attached hydrogens (tertiary/aromatic N) is 3. The minimum atomic E-state index is 0.404. The number of aromatic nitrogens is 4. The molecule has 18 heavy (non-hydrogen) atoms. The summed E-state index contributed by atoms with van der Waals surface area (Å²) in [4.78, 5) is 8.60. The van der Waals surface area contributed by atoms with Crippen LogP contribution in [0.25, 0.3) is 11.0 Å². The van der Waals surface area contributed by atoms with Crippen molar-refractivity contribution in [2.45, 2.75) is 23.1 Å². The molecule has 1 saturated heterocycles. The zero-order chi connectivity index (χ0) is 12.4. The zero-order valence-electron chi connectivity index (χ0n) is 9.72. The van der Waals surface area contributed by atoms with E-state index in [9.17, 15) is 0 Å². The van der Waals surface area contributed by atoms with Crippen molar-refractivity contribution in [3.05, 3.63) is 6.20 Å². The minimum Gasteiger partial charge on any atom is -0.381 e. The van der Waals surface area contributed by atoms with E-state index in [4.69, 9.17) is 10.6 Å². The van der Waals surface area contributed by atoms with Crippen molar-refractivity contribution in [1.82, 2.24) is 20.2 Å². The van der Waals surface area contributed by atoms with Gasteiger partial charge in [0.15, 0.2) is 5.65 Å². The number of nitrogens with one attached hydrogen (secondary N) is 2. The highest BCUT2D eigenvalue weighted by Crippen LogP contribution is 2.32. The fourth-order valence-corrected chi connectivity index (χ4v) is 3.07. The summed E-state index contributed by atoms with van der Waals surface area (Å²) in [6, 6.07) is 0. The van der Waals surface area contributed by atoms with Crippen LogP contribution in [0.4, 0.5) is 5.95 Å². The number of nitrogens with two attached hydrogens (primary N) is 1. The van der Waals surface area contributed by atoms with Crippen LogP contribution in [-0.2, 0) is 4.74 Å². The number of ether oxygens (including phenoxy) is 1. The number of aromatic amines is 1. The summed E-state index contributed by atoms with van der Waals surface area (Å²) in [7, 11) is 0. The van der Waals surface area contributed by atoms with Gasteiger partial charge in [0.1, 0.15) is 5.03 Å². The molecule has 2 aromatic rings. The Morgan fingerprint density at radius 2 is 2.22 bits per heavy atom. The quantitative estimate of drug-likeness (QED) is 0.431. The zero-order valence-corrected chi connectivity index (χ0v) is 10.5. The van der Waals surface area contributed by atoms with Crippen molar-refractivity contribution in [1.29, 1.82) is 0 Å². The second kappa shape index (κ2) is 5.09. The minimum absolute atomic E-state index is 0.404. The van der Waals surface area contributed by atoms with Crippen LogP contribution in [0.2, 0.25) is 0 Å². The molecule has 1 aliphatic rings. The largest absolute Gasteiger partial charge is 0.381 e. The van der Waals surface area contributed by atoms with Crippen LogP contribution in [0.1, 0.15) is 12.8 Å². The highest BCUT2D eigenvalue weighted by Gasteiger charge is 2.18. The van der Waals surface area contributed by atoms with Crippen LogP contribution in [0.5, 0.6) is 0 Å². The fraction of sp³-hybridized carbons (Fsp3) is 0.500. The van der Waals surface area contributed by atoms with Crippen molar-refractivity contribution in [3.8, 4) is 0 Å². The summed E-state index contributed by atoms with van der Waals surface area (Å²) in [6.07, 6.45) is 3.83. The van der Waals surface area contributed by atoms with E-state index in [0.29, 0.717) is 16.8 Å². The van der Waals surface area contributed by atoms with Crippen LogP contribution < -0.4 is 11.3 Å². The Hall–Kier alpha value is -1.38. The molecule has 3 rings (SSSR count). The Bertz CT molecular complexity index is 538. The second-order valence-electron chi connectivity index (χ2n) is 4.06. The normalized spacial score (nSPS) is 17.2. The van der Waals surface area contributed by atoms with Crippen molar-refractivity contribution < 1.29 is 4.74 Å². The van der Waals surface area contributed by atoms with Crippen LogP contribution in [0.15, 0.2) is 11.2 Å². The number of rotatable bonds is 3. The fourth-order valence-electron chi connectivity index (χ4n) is 1.91. The number of H-pyrrole nitrogens is 1. The predicted octanol–water partition coefficient (Wildman–Crippen LogP) is 0.910. The second-order valence-corrected chi connectivity index (χ2v) is 5.35. The van der Waals surface area contributed by atoms with Gasteiger partial charge in [-0.2, -0.15) is 10.1 Å². The van der Waals surface area contributed by atoms with E-state index in [1.807, 2.05) is 0 Å². The number of thioether (sulfide) groups is 1. The molecular weight excluding hydrogens is 252 g/mol. The van der Waals surface area contributed by atoms with Gasteiger partial charge in [-0.1, -0.05) is 0 Å². The average molecular weight is 266 g/mol. The van der Waals surface area contributed by atoms with Crippen molar-refractivity contribution in [2.75, 3.05) is 18.6 Å². The van der Waals surface area contributed by atoms with Gasteiger partial charge in [0.2, 0.25) is 5.95 Å². The van der Waals surface area contributed by atoms with Gasteiger partial charge in [-0.3, -0.25) is 10.5 Å². The molecule has 0 saturated carbocycles. The third kappa shape index (κ3) is 2.26. The van der Waals surface area contributed by atoms with Gasteiger partial charge >= 0.3 is 0 Å². The first-order valence-corrected chi connectivity index (χ1v) is 6.67. The van der Waals surface area contributed by atoms with Gasteiger partial charge in [0, 0.05) is 18.5 Å². The highest BCUT2D eigenvalue weighted by atomic mass is 32.2. The Balaban J connectivity index is 1.91. The molecule has 4 N–H and O–H groups in total. The lowest BCUT2D eigenvalue weighted by Gasteiger charge is -2.21. The molecule has 96 valence electrons. The maximum absolute atomic E-state index is 5.37. The first-order valence-electron chi connectivity index (χ1n) is 5.79. The lowest BCUT2D eigenvalue weighted by Crippen LogP contribution is -2.18. The number of fused-ring (bicyclic) bond motifs is 1. The molecule has 0 atom stereocenters. The summed E-state index contributed by atoms with van der Waals surface area (Å²) < 4.78 is 5.36. The molecule has 3 heterocycles. The average Bonchev–Trinajstić information content (AvgIpc) is 2.88. The summed E-state index contributed by atoms with van der Waals surface area (Å²) >= 11 is 1.74. The molecule has 0 radical (unpaired) electrons. The van der Waals surface area contributed by atoms with E-state index in [0.717, 1.165) is 36.5 Å². The van der Waals surface area contributed by atoms with E-state index >= 15 is 0 Å².